The highest BCUT2D eigenvalue weighted by molar-refractivity contribution is 7.89. The molecule has 0 saturated carbocycles. The van der Waals surface area contributed by atoms with Crippen LogP contribution < -0.4 is 14.8 Å². The van der Waals surface area contributed by atoms with Crippen molar-refractivity contribution in [3.8, 4) is 5.75 Å². The van der Waals surface area contributed by atoms with E-state index in [1.807, 2.05) is 38.1 Å². The van der Waals surface area contributed by atoms with Gasteiger partial charge in [-0.3, -0.25) is 4.79 Å². The molecule has 6 nitrogen and oxygen atoms in total. The maximum atomic E-state index is 12.1. The molecule has 26 heavy (non-hydrogen) atoms. The van der Waals surface area contributed by atoms with Crippen molar-refractivity contribution in [2.45, 2.75) is 31.6 Å². The van der Waals surface area contributed by atoms with Crippen LogP contribution in [0.5, 0.6) is 5.75 Å². The number of benzene rings is 2. The lowest BCUT2D eigenvalue weighted by molar-refractivity contribution is -0.115. The zero-order valence-corrected chi connectivity index (χ0v) is 15.8. The molecule has 0 bridgehead atoms. The summed E-state index contributed by atoms with van der Waals surface area (Å²) >= 11 is 0. The molecule has 0 spiro atoms. The van der Waals surface area contributed by atoms with Crippen LogP contribution in [-0.4, -0.2) is 27.5 Å². The molecular formula is C19H24N2O4S. The number of nitrogens with one attached hydrogen (secondary N) is 2. The Morgan fingerprint density at radius 3 is 2.23 bits per heavy atom. The molecule has 0 aromatic heterocycles. The lowest BCUT2D eigenvalue weighted by atomic mass is 10.1. The van der Waals surface area contributed by atoms with Gasteiger partial charge in [0.05, 0.1) is 17.9 Å². The van der Waals surface area contributed by atoms with Crippen LogP contribution in [0.3, 0.4) is 0 Å². The fraction of sp³-hybridized carbons (Fsp3) is 0.316. The number of anilines is 1. The Balaban J connectivity index is 1.94. The van der Waals surface area contributed by atoms with E-state index in [4.69, 9.17) is 4.74 Å². The second-order valence-corrected chi connectivity index (χ2v) is 7.49. The van der Waals surface area contributed by atoms with Gasteiger partial charge in [0.2, 0.25) is 15.9 Å². The van der Waals surface area contributed by atoms with E-state index < -0.39 is 10.0 Å². The minimum Gasteiger partial charge on any atom is -0.494 e. The average molecular weight is 376 g/mol. The van der Waals surface area contributed by atoms with Crippen LogP contribution in [0.1, 0.15) is 25.8 Å². The number of ether oxygens (including phenoxy) is 1. The Kier molecular flexibility index (Phi) is 7.17. The Labute approximate surface area is 154 Å². The highest BCUT2D eigenvalue weighted by atomic mass is 32.2. The maximum Gasteiger partial charge on any atom is 0.240 e. The van der Waals surface area contributed by atoms with Crippen LogP contribution >= 0.6 is 0 Å². The molecule has 0 unspecified atom stereocenters. The summed E-state index contributed by atoms with van der Waals surface area (Å²) in [6.45, 7) is 4.80. The third-order valence-corrected chi connectivity index (χ3v) is 5.07. The molecule has 0 heterocycles. The van der Waals surface area contributed by atoms with Crippen molar-refractivity contribution < 1.29 is 17.9 Å². The van der Waals surface area contributed by atoms with E-state index in [2.05, 4.69) is 10.0 Å². The van der Waals surface area contributed by atoms with Crippen LogP contribution in [0.4, 0.5) is 5.69 Å². The van der Waals surface area contributed by atoms with E-state index in [1.165, 1.54) is 12.1 Å². The molecule has 7 heteroatoms. The van der Waals surface area contributed by atoms with Crippen molar-refractivity contribution in [2.75, 3.05) is 18.5 Å². The second kappa shape index (κ2) is 9.35. The van der Waals surface area contributed by atoms with Crippen molar-refractivity contribution in [1.29, 1.82) is 0 Å². The highest BCUT2D eigenvalue weighted by Gasteiger charge is 2.13. The summed E-state index contributed by atoms with van der Waals surface area (Å²) in [5, 5.41) is 2.77. The van der Waals surface area contributed by atoms with Crippen LogP contribution in [-0.2, 0) is 21.2 Å². The van der Waals surface area contributed by atoms with Gasteiger partial charge in [-0.2, -0.15) is 0 Å². The first kappa shape index (κ1) is 19.9. The van der Waals surface area contributed by atoms with Crippen LogP contribution in [0, 0.1) is 0 Å². The first-order chi connectivity index (χ1) is 12.4. The lowest BCUT2D eigenvalue weighted by Crippen LogP contribution is -2.24. The van der Waals surface area contributed by atoms with Crippen molar-refractivity contribution in [3.63, 3.8) is 0 Å². The van der Waals surface area contributed by atoms with Gasteiger partial charge in [-0.15, -0.1) is 0 Å². The predicted octanol–water partition coefficient (Wildman–Crippen LogP) is 2.95. The first-order valence-electron chi connectivity index (χ1n) is 8.56. The summed E-state index contributed by atoms with van der Waals surface area (Å²) in [6, 6.07) is 13.5. The molecule has 0 aliphatic rings. The monoisotopic (exact) mass is 376 g/mol. The van der Waals surface area contributed by atoms with E-state index in [0.717, 1.165) is 17.7 Å². The Morgan fingerprint density at radius 1 is 1.00 bits per heavy atom. The van der Waals surface area contributed by atoms with Crippen LogP contribution in [0.15, 0.2) is 53.4 Å². The summed E-state index contributed by atoms with van der Waals surface area (Å²) in [5.41, 5.74) is 1.42. The summed E-state index contributed by atoms with van der Waals surface area (Å²) < 4.78 is 31.9. The van der Waals surface area contributed by atoms with Gasteiger partial charge >= 0.3 is 0 Å². The standard InChI is InChI=1S/C19H24N2O4S/c1-3-13-20-26(23,24)18-11-7-16(8-12-18)21-19(22)14-15-5-9-17(10-6-15)25-4-2/h5-12,20H,3-4,13-14H2,1-2H3,(H,21,22). The fourth-order valence-corrected chi connectivity index (χ4v) is 3.43. The molecule has 0 atom stereocenters. The number of carbonyl (C=O) groups is 1. The summed E-state index contributed by atoms with van der Waals surface area (Å²) in [6.07, 6.45) is 0.948. The van der Waals surface area contributed by atoms with Crippen molar-refractivity contribution in [2.24, 2.45) is 0 Å². The second-order valence-electron chi connectivity index (χ2n) is 5.72. The molecule has 2 rings (SSSR count). The number of amides is 1. The zero-order valence-electron chi connectivity index (χ0n) is 15.0. The van der Waals surface area contributed by atoms with Gasteiger partial charge in [0.1, 0.15) is 5.75 Å². The van der Waals surface area contributed by atoms with Gasteiger partial charge in [-0.1, -0.05) is 19.1 Å². The highest BCUT2D eigenvalue weighted by Crippen LogP contribution is 2.16. The number of rotatable bonds is 9. The number of sulfonamides is 1. The molecule has 0 radical (unpaired) electrons. The van der Waals surface area contributed by atoms with E-state index in [-0.39, 0.29) is 17.2 Å². The van der Waals surface area contributed by atoms with Crippen molar-refractivity contribution >= 4 is 21.6 Å². The quantitative estimate of drug-likeness (QED) is 0.705. The van der Waals surface area contributed by atoms with Gasteiger partial charge in [-0.25, -0.2) is 13.1 Å². The Morgan fingerprint density at radius 2 is 1.65 bits per heavy atom. The largest absolute Gasteiger partial charge is 0.494 e. The van der Waals surface area contributed by atoms with Gasteiger partial charge in [0, 0.05) is 12.2 Å². The average Bonchev–Trinajstić information content (AvgIpc) is 2.62. The van der Waals surface area contributed by atoms with Crippen LogP contribution in [0.25, 0.3) is 0 Å². The molecular weight excluding hydrogens is 352 g/mol. The molecule has 140 valence electrons. The van der Waals surface area contributed by atoms with E-state index in [1.54, 1.807) is 12.1 Å². The van der Waals surface area contributed by atoms with Gasteiger partial charge in [0.25, 0.3) is 0 Å². The Bertz CT molecular complexity index is 816. The van der Waals surface area contributed by atoms with Crippen molar-refractivity contribution in [3.05, 3.63) is 54.1 Å². The Hall–Kier alpha value is -2.38. The fourth-order valence-electron chi connectivity index (χ4n) is 2.30. The first-order valence-corrected chi connectivity index (χ1v) is 10.0. The number of carbonyl (C=O) groups excluding carboxylic acids is 1. The zero-order chi connectivity index (χ0) is 19.0. The molecule has 1 amide bonds. The van der Waals surface area contributed by atoms with E-state index in [0.29, 0.717) is 18.8 Å². The molecule has 0 aliphatic heterocycles. The molecule has 0 saturated heterocycles. The van der Waals surface area contributed by atoms with E-state index >= 15 is 0 Å². The minimum atomic E-state index is -3.50. The molecule has 0 fully saturated rings. The van der Waals surface area contributed by atoms with Gasteiger partial charge in [0.15, 0.2) is 0 Å². The molecule has 2 N–H and O–H groups in total. The number of hydrogen-bond donors (Lipinski definition) is 2. The van der Waals surface area contributed by atoms with Gasteiger partial charge < -0.3 is 10.1 Å². The third kappa shape index (κ3) is 5.86. The van der Waals surface area contributed by atoms with E-state index in [9.17, 15) is 13.2 Å². The normalized spacial score (nSPS) is 11.2. The molecule has 2 aromatic carbocycles. The third-order valence-electron chi connectivity index (χ3n) is 3.59. The van der Waals surface area contributed by atoms with Crippen LogP contribution in [0.2, 0.25) is 0 Å². The molecule has 0 aliphatic carbocycles. The topological polar surface area (TPSA) is 84.5 Å². The van der Waals surface area contributed by atoms with Crippen molar-refractivity contribution in [1.82, 2.24) is 4.72 Å². The summed E-state index contributed by atoms with van der Waals surface area (Å²) in [4.78, 5) is 12.3. The maximum absolute atomic E-state index is 12.1. The van der Waals surface area contributed by atoms with Gasteiger partial charge in [-0.05, 0) is 55.3 Å². The summed E-state index contributed by atoms with van der Waals surface area (Å²) in [5.74, 6) is 0.596. The SMILES string of the molecule is CCCNS(=O)(=O)c1ccc(NC(=O)Cc2ccc(OCC)cc2)cc1. The lowest BCUT2D eigenvalue weighted by Gasteiger charge is -2.09. The smallest absolute Gasteiger partial charge is 0.240 e. The summed E-state index contributed by atoms with van der Waals surface area (Å²) in [7, 11) is -3.50. The predicted molar refractivity (Wildman–Crippen MR) is 102 cm³/mol. The minimum absolute atomic E-state index is 0.172. The molecule has 2 aromatic rings. The number of hydrogen-bond acceptors (Lipinski definition) is 4.